The van der Waals surface area contributed by atoms with Gasteiger partial charge in [0.15, 0.2) is 11.6 Å². The van der Waals surface area contributed by atoms with Gasteiger partial charge in [-0.15, -0.1) is 0 Å². The number of hydrogen-bond donors (Lipinski definition) is 2. The van der Waals surface area contributed by atoms with Crippen LogP contribution in [0.5, 0.6) is 0 Å². The highest BCUT2D eigenvalue weighted by Gasteiger charge is 2.25. The van der Waals surface area contributed by atoms with Crippen LogP contribution >= 0.6 is 11.8 Å². The van der Waals surface area contributed by atoms with Gasteiger partial charge in [-0.1, -0.05) is 30.0 Å². The first kappa shape index (κ1) is 18.1. The summed E-state index contributed by atoms with van der Waals surface area (Å²) in [5.74, 6) is -0.268. The molecule has 1 unspecified atom stereocenters. The minimum atomic E-state index is -0.530. The maximum absolute atomic E-state index is 13.1. The molecule has 0 saturated carbocycles. The Morgan fingerprint density at radius 1 is 1.08 bits per heavy atom. The number of carbonyl (C=O) groups excluding carboxylic acids is 2. The van der Waals surface area contributed by atoms with E-state index < -0.39 is 10.9 Å². The van der Waals surface area contributed by atoms with E-state index in [0.717, 1.165) is 28.4 Å². The number of fused-ring (bicyclic) bond motifs is 1. The second-order valence-corrected chi connectivity index (χ2v) is 7.53. The number of nitrogens with zero attached hydrogens (tertiary/aromatic N) is 1. The molecule has 134 valence electrons. The van der Waals surface area contributed by atoms with E-state index in [1.54, 1.807) is 13.8 Å². The quantitative estimate of drug-likeness (QED) is 0.408. The summed E-state index contributed by atoms with van der Waals surface area (Å²) >= 11 is 1.14. The number of aromatic amines is 2. The average molecular weight is 369 g/mol. The van der Waals surface area contributed by atoms with Gasteiger partial charge in [0.25, 0.3) is 0 Å². The molecule has 0 aliphatic heterocycles. The first-order valence-electron chi connectivity index (χ1n) is 8.19. The van der Waals surface area contributed by atoms with Crippen molar-refractivity contribution in [1.29, 1.82) is 0 Å². The smallest absolute Gasteiger partial charge is 0.346 e. The summed E-state index contributed by atoms with van der Waals surface area (Å²) in [4.78, 5) is 46.4. The van der Waals surface area contributed by atoms with Crippen molar-refractivity contribution < 1.29 is 9.59 Å². The maximum Gasteiger partial charge on any atom is 0.346 e. The van der Waals surface area contributed by atoms with Crippen molar-refractivity contribution in [1.82, 2.24) is 15.0 Å². The molecule has 26 heavy (non-hydrogen) atoms. The predicted octanol–water partition coefficient (Wildman–Crippen LogP) is 3.43. The predicted molar refractivity (Wildman–Crippen MR) is 102 cm³/mol. The van der Waals surface area contributed by atoms with Gasteiger partial charge in [-0.2, -0.15) is 4.98 Å². The van der Waals surface area contributed by atoms with Crippen LogP contribution in [0, 0.1) is 13.8 Å². The summed E-state index contributed by atoms with van der Waals surface area (Å²) in [7, 11) is 0. The van der Waals surface area contributed by atoms with Crippen LogP contribution < -0.4 is 5.69 Å². The molecule has 0 radical (unpaired) electrons. The molecule has 1 aromatic carbocycles. The lowest BCUT2D eigenvalue weighted by molar-refractivity contribution is 0.0989. The number of rotatable bonds is 5. The Kier molecular flexibility index (Phi) is 4.82. The normalized spacial score (nSPS) is 12.3. The fourth-order valence-electron chi connectivity index (χ4n) is 3.08. The molecular weight excluding hydrogens is 350 g/mol. The number of Topliss-reactive ketones (excluding diaryl/α,β-unsaturated/α-hetero) is 2. The highest BCUT2D eigenvalue weighted by atomic mass is 32.2. The van der Waals surface area contributed by atoms with Crippen LogP contribution in [0.2, 0.25) is 0 Å². The molecule has 3 aromatic rings. The SMILES string of the molecule is CC(=O)c1c(SC(C)C(=O)c2c(C)[nH]c3ccccc23)nc(=O)[nH]c1C. The highest BCUT2D eigenvalue weighted by molar-refractivity contribution is 8.00. The van der Waals surface area contributed by atoms with Crippen molar-refractivity contribution in [3.8, 4) is 0 Å². The van der Waals surface area contributed by atoms with Crippen LogP contribution in [0.15, 0.2) is 34.1 Å². The summed E-state index contributed by atoms with van der Waals surface area (Å²) in [6, 6.07) is 7.62. The number of carbonyl (C=O) groups is 2. The first-order chi connectivity index (χ1) is 12.3. The lowest BCUT2D eigenvalue weighted by atomic mass is 10.1. The fourth-order valence-corrected chi connectivity index (χ4v) is 4.19. The largest absolute Gasteiger partial charge is 0.358 e. The van der Waals surface area contributed by atoms with Gasteiger partial charge in [0, 0.05) is 27.9 Å². The Morgan fingerprint density at radius 3 is 2.42 bits per heavy atom. The van der Waals surface area contributed by atoms with Gasteiger partial charge in [-0.3, -0.25) is 9.59 Å². The van der Waals surface area contributed by atoms with E-state index in [1.807, 2.05) is 31.2 Å². The van der Waals surface area contributed by atoms with Crippen molar-refractivity contribution >= 4 is 34.2 Å². The summed E-state index contributed by atoms with van der Waals surface area (Å²) in [6.07, 6.45) is 0. The van der Waals surface area contributed by atoms with Crippen molar-refractivity contribution in [2.24, 2.45) is 0 Å². The van der Waals surface area contributed by atoms with E-state index >= 15 is 0 Å². The molecule has 2 heterocycles. The van der Waals surface area contributed by atoms with Gasteiger partial charge in [0.2, 0.25) is 0 Å². The minimum absolute atomic E-state index is 0.0702. The number of thioether (sulfide) groups is 1. The first-order valence-corrected chi connectivity index (χ1v) is 9.07. The molecule has 3 rings (SSSR count). The zero-order valence-electron chi connectivity index (χ0n) is 15.0. The van der Waals surface area contributed by atoms with Gasteiger partial charge in [-0.05, 0) is 33.8 Å². The highest BCUT2D eigenvalue weighted by Crippen LogP contribution is 2.31. The Morgan fingerprint density at radius 2 is 1.73 bits per heavy atom. The van der Waals surface area contributed by atoms with Crippen LogP contribution in [0.1, 0.15) is 46.0 Å². The Labute approximate surface area is 154 Å². The molecule has 0 saturated heterocycles. The van der Waals surface area contributed by atoms with Crippen LogP contribution in [0.25, 0.3) is 10.9 Å². The van der Waals surface area contributed by atoms with Gasteiger partial charge in [-0.25, -0.2) is 4.79 Å². The molecule has 0 aliphatic carbocycles. The second-order valence-electron chi connectivity index (χ2n) is 6.20. The standard InChI is InChI=1S/C19H19N3O3S/c1-9-15(11(3)23)18(22-19(25)21-9)26-12(4)17(24)16-10(2)20-14-8-6-5-7-13(14)16/h5-8,12,20H,1-4H3,(H,21,22,25). The van der Waals surface area contributed by atoms with Gasteiger partial charge >= 0.3 is 5.69 Å². The molecular formula is C19H19N3O3S. The summed E-state index contributed by atoms with van der Waals surface area (Å²) in [6.45, 7) is 6.69. The van der Waals surface area contributed by atoms with Gasteiger partial charge in [0.05, 0.1) is 10.8 Å². The molecule has 0 amide bonds. The lowest BCUT2D eigenvalue weighted by Gasteiger charge is -2.13. The van der Waals surface area contributed by atoms with Gasteiger partial charge < -0.3 is 9.97 Å². The molecule has 6 nitrogen and oxygen atoms in total. The van der Waals surface area contributed by atoms with Crippen molar-refractivity contribution in [3.05, 3.63) is 57.3 Å². The van der Waals surface area contributed by atoms with Crippen molar-refractivity contribution in [2.75, 3.05) is 0 Å². The zero-order chi connectivity index (χ0) is 19.0. The molecule has 2 aromatic heterocycles. The molecule has 0 spiro atoms. The van der Waals surface area contributed by atoms with Gasteiger partial charge in [0.1, 0.15) is 5.03 Å². The number of aryl methyl sites for hydroxylation is 2. The topological polar surface area (TPSA) is 95.7 Å². The third-order valence-corrected chi connectivity index (χ3v) is 5.32. The van der Waals surface area contributed by atoms with Crippen molar-refractivity contribution in [2.45, 2.75) is 38.0 Å². The van der Waals surface area contributed by atoms with E-state index in [-0.39, 0.29) is 16.6 Å². The molecule has 1 atom stereocenters. The van der Waals surface area contributed by atoms with E-state index in [1.165, 1.54) is 6.92 Å². The summed E-state index contributed by atoms with van der Waals surface area (Å²) in [5.41, 5.74) is 2.61. The summed E-state index contributed by atoms with van der Waals surface area (Å²) in [5, 5.41) is 0.654. The Hall–Kier alpha value is -2.67. The summed E-state index contributed by atoms with van der Waals surface area (Å²) < 4.78 is 0. The Balaban J connectivity index is 1.99. The molecule has 7 heteroatoms. The van der Waals surface area contributed by atoms with Crippen LogP contribution in [0.4, 0.5) is 0 Å². The van der Waals surface area contributed by atoms with E-state index in [0.29, 0.717) is 16.8 Å². The number of ketones is 2. The molecule has 2 N–H and O–H groups in total. The number of hydrogen-bond acceptors (Lipinski definition) is 5. The number of nitrogens with one attached hydrogen (secondary N) is 2. The maximum atomic E-state index is 13.1. The van der Waals surface area contributed by atoms with E-state index in [2.05, 4.69) is 15.0 Å². The van der Waals surface area contributed by atoms with E-state index in [9.17, 15) is 14.4 Å². The van der Waals surface area contributed by atoms with Crippen LogP contribution in [-0.2, 0) is 0 Å². The number of aromatic nitrogens is 3. The third-order valence-electron chi connectivity index (χ3n) is 4.24. The molecule has 0 aliphatic rings. The number of H-pyrrole nitrogens is 2. The molecule has 0 bridgehead atoms. The number of para-hydroxylation sites is 1. The zero-order valence-corrected chi connectivity index (χ0v) is 15.8. The monoisotopic (exact) mass is 369 g/mol. The van der Waals surface area contributed by atoms with Crippen LogP contribution in [-0.4, -0.2) is 31.8 Å². The lowest BCUT2D eigenvalue weighted by Crippen LogP contribution is -2.20. The Bertz CT molecular complexity index is 1080. The van der Waals surface area contributed by atoms with Crippen molar-refractivity contribution in [3.63, 3.8) is 0 Å². The fraction of sp³-hybridized carbons (Fsp3) is 0.263. The number of benzene rings is 1. The second kappa shape index (κ2) is 6.92. The minimum Gasteiger partial charge on any atom is -0.358 e. The average Bonchev–Trinajstić information content (AvgIpc) is 2.88. The third kappa shape index (κ3) is 3.22. The van der Waals surface area contributed by atoms with Crippen LogP contribution in [0.3, 0.4) is 0 Å². The molecule has 0 fully saturated rings. The van der Waals surface area contributed by atoms with E-state index in [4.69, 9.17) is 0 Å².